The van der Waals surface area contributed by atoms with Crippen LogP contribution in [0.1, 0.15) is 31.4 Å². The number of nitrogens with zero attached hydrogens (tertiary/aromatic N) is 2. The van der Waals surface area contributed by atoms with Gasteiger partial charge in [-0.2, -0.15) is 0 Å². The third-order valence-corrected chi connectivity index (χ3v) is 7.34. The Morgan fingerprint density at radius 1 is 1.12 bits per heavy atom. The van der Waals surface area contributed by atoms with E-state index in [9.17, 15) is 18.0 Å². The number of hydrogen-bond donors (Lipinski definition) is 1. The third-order valence-electron chi connectivity index (χ3n) is 5.31. The standard InChI is InChI=1S/C24H32BrN3O4S/c1-5-14-26-24(30)19(3)27(15-13-20-9-7-6-8-10-20)23(29)17-28(33(4,31)32)21-11-12-22(25)18(2)16-21/h6-12,16,19H,5,13-15,17H2,1-4H3,(H,26,30)/t19-/m1/s1. The molecule has 0 unspecified atom stereocenters. The van der Waals surface area contributed by atoms with E-state index in [1.165, 1.54) is 4.90 Å². The van der Waals surface area contributed by atoms with E-state index < -0.39 is 22.0 Å². The molecule has 0 spiro atoms. The molecule has 0 saturated heterocycles. The Kier molecular flexibility index (Phi) is 9.91. The van der Waals surface area contributed by atoms with Crippen molar-refractivity contribution in [2.24, 2.45) is 0 Å². The molecule has 0 fully saturated rings. The number of anilines is 1. The molecule has 0 bridgehead atoms. The Morgan fingerprint density at radius 3 is 2.36 bits per heavy atom. The molecule has 9 heteroatoms. The monoisotopic (exact) mass is 537 g/mol. The molecular weight excluding hydrogens is 506 g/mol. The Balaban J connectivity index is 2.31. The van der Waals surface area contributed by atoms with Crippen molar-refractivity contribution in [1.29, 1.82) is 0 Å². The van der Waals surface area contributed by atoms with E-state index in [-0.39, 0.29) is 12.5 Å². The SMILES string of the molecule is CCCNC(=O)[C@@H](C)N(CCc1ccccc1)C(=O)CN(c1ccc(Br)c(C)c1)S(C)(=O)=O. The molecule has 0 aromatic heterocycles. The van der Waals surface area contributed by atoms with E-state index in [0.717, 1.165) is 32.6 Å². The molecule has 1 atom stereocenters. The highest BCUT2D eigenvalue weighted by molar-refractivity contribution is 9.10. The van der Waals surface area contributed by atoms with Crippen molar-refractivity contribution in [3.63, 3.8) is 0 Å². The summed E-state index contributed by atoms with van der Waals surface area (Å²) >= 11 is 3.41. The Hall–Kier alpha value is -2.39. The van der Waals surface area contributed by atoms with E-state index in [2.05, 4.69) is 21.2 Å². The Morgan fingerprint density at radius 2 is 1.79 bits per heavy atom. The highest BCUT2D eigenvalue weighted by Crippen LogP contribution is 2.25. The lowest BCUT2D eigenvalue weighted by Crippen LogP contribution is -2.52. The van der Waals surface area contributed by atoms with Gasteiger partial charge in [0.1, 0.15) is 12.6 Å². The van der Waals surface area contributed by atoms with E-state index in [0.29, 0.717) is 25.2 Å². The summed E-state index contributed by atoms with van der Waals surface area (Å²) in [6.07, 6.45) is 2.40. The van der Waals surface area contributed by atoms with Crippen LogP contribution in [-0.2, 0) is 26.0 Å². The lowest BCUT2D eigenvalue weighted by Gasteiger charge is -2.31. The second-order valence-electron chi connectivity index (χ2n) is 7.99. The summed E-state index contributed by atoms with van der Waals surface area (Å²) in [5.41, 5.74) is 2.28. The largest absolute Gasteiger partial charge is 0.354 e. The molecule has 0 heterocycles. The van der Waals surface area contributed by atoms with Gasteiger partial charge in [-0.25, -0.2) is 8.42 Å². The van der Waals surface area contributed by atoms with E-state index in [1.54, 1.807) is 25.1 Å². The third kappa shape index (κ3) is 7.85. The highest BCUT2D eigenvalue weighted by atomic mass is 79.9. The zero-order valence-corrected chi connectivity index (χ0v) is 21.9. The van der Waals surface area contributed by atoms with Gasteiger partial charge in [-0.1, -0.05) is 53.2 Å². The molecule has 33 heavy (non-hydrogen) atoms. The fraction of sp³-hybridized carbons (Fsp3) is 0.417. The number of nitrogens with one attached hydrogen (secondary N) is 1. The molecule has 2 aromatic rings. The van der Waals surface area contributed by atoms with Crippen LogP contribution in [0.25, 0.3) is 0 Å². The second-order valence-corrected chi connectivity index (χ2v) is 10.8. The minimum absolute atomic E-state index is 0.261. The number of benzene rings is 2. The fourth-order valence-corrected chi connectivity index (χ4v) is 4.45. The molecule has 180 valence electrons. The maximum absolute atomic E-state index is 13.4. The summed E-state index contributed by atoms with van der Waals surface area (Å²) in [5.74, 6) is -0.695. The van der Waals surface area contributed by atoms with E-state index >= 15 is 0 Å². The first-order valence-electron chi connectivity index (χ1n) is 10.9. The van der Waals surface area contributed by atoms with Crippen LogP contribution in [0.15, 0.2) is 53.0 Å². The van der Waals surface area contributed by atoms with Crippen molar-refractivity contribution < 1.29 is 18.0 Å². The zero-order valence-electron chi connectivity index (χ0n) is 19.5. The van der Waals surface area contributed by atoms with Gasteiger partial charge in [0.2, 0.25) is 21.8 Å². The van der Waals surface area contributed by atoms with Crippen molar-refractivity contribution in [3.8, 4) is 0 Å². The van der Waals surface area contributed by atoms with Crippen molar-refractivity contribution in [2.75, 3.05) is 30.2 Å². The molecule has 1 N–H and O–H groups in total. The molecule has 0 aliphatic rings. The van der Waals surface area contributed by atoms with Crippen molar-refractivity contribution in [1.82, 2.24) is 10.2 Å². The first-order valence-corrected chi connectivity index (χ1v) is 13.5. The first-order chi connectivity index (χ1) is 15.5. The van der Waals surface area contributed by atoms with Crippen LogP contribution in [0.2, 0.25) is 0 Å². The fourth-order valence-electron chi connectivity index (χ4n) is 3.36. The quantitative estimate of drug-likeness (QED) is 0.475. The second kappa shape index (κ2) is 12.2. The average Bonchev–Trinajstić information content (AvgIpc) is 2.77. The van der Waals surface area contributed by atoms with Gasteiger partial charge in [-0.15, -0.1) is 0 Å². The van der Waals surface area contributed by atoms with Gasteiger partial charge in [0.05, 0.1) is 11.9 Å². The minimum Gasteiger partial charge on any atom is -0.354 e. The molecule has 7 nitrogen and oxygen atoms in total. The zero-order chi connectivity index (χ0) is 24.6. The van der Waals surface area contributed by atoms with Crippen LogP contribution < -0.4 is 9.62 Å². The summed E-state index contributed by atoms with van der Waals surface area (Å²) in [6, 6.07) is 14.0. The Bertz CT molecular complexity index is 1060. The number of rotatable bonds is 11. The first kappa shape index (κ1) is 26.9. The van der Waals surface area contributed by atoms with Gasteiger partial charge in [0.15, 0.2) is 0 Å². The number of hydrogen-bond acceptors (Lipinski definition) is 4. The maximum atomic E-state index is 13.4. The lowest BCUT2D eigenvalue weighted by molar-refractivity contribution is -0.138. The van der Waals surface area contributed by atoms with Gasteiger partial charge < -0.3 is 10.2 Å². The minimum atomic E-state index is -3.73. The smallest absolute Gasteiger partial charge is 0.244 e. The average molecular weight is 539 g/mol. The Labute approximate surface area is 205 Å². The molecule has 2 amide bonds. The van der Waals surface area contributed by atoms with Gasteiger partial charge >= 0.3 is 0 Å². The molecule has 0 radical (unpaired) electrons. The van der Waals surface area contributed by atoms with Crippen LogP contribution in [0.3, 0.4) is 0 Å². The van der Waals surface area contributed by atoms with Crippen molar-refractivity contribution >= 4 is 43.5 Å². The number of carbonyl (C=O) groups is 2. The lowest BCUT2D eigenvalue weighted by atomic mass is 10.1. The molecular formula is C24H32BrN3O4S. The van der Waals surface area contributed by atoms with Crippen molar-refractivity contribution in [3.05, 3.63) is 64.1 Å². The summed E-state index contributed by atoms with van der Waals surface area (Å²) in [5, 5.41) is 2.82. The van der Waals surface area contributed by atoms with Crippen LogP contribution in [0.5, 0.6) is 0 Å². The number of carbonyl (C=O) groups excluding carboxylic acids is 2. The van der Waals surface area contributed by atoms with Gasteiger partial charge in [0, 0.05) is 17.6 Å². The van der Waals surface area contributed by atoms with Crippen LogP contribution >= 0.6 is 15.9 Å². The molecule has 0 aliphatic carbocycles. The summed E-state index contributed by atoms with van der Waals surface area (Å²) in [4.78, 5) is 27.5. The van der Waals surface area contributed by atoms with Crippen LogP contribution in [0, 0.1) is 6.92 Å². The molecule has 2 rings (SSSR count). The van der Waals surface area contributed by atoms with E-state index in [4.69, 9.17) is 0 Å². The van der Waals surface area contributed by atoms with Gasteiger partial charge in [-0.05, 0) is 56.0 Å². The van der Waals surface area contributed by atoms with Crippen molar-refractivity contribution in [2.45, 2.75) is 39.7 Å². The number of amides is 2. The van der Waals surface area contributed by atoms with E-state index in [1.807, 2.05) is 44.2 Å². The van der Waals surface area contributed by atoms with Gasteiger partial charge in [0.25, 0.3) is 0 Å². The number of sulfonamides is 1. The number of aryl methyl sites for hydroxylation is 1. The molecule has 0 aliphatic heterocycles. The van der Waals surface area contributed by atoms with Crippen LogP contribution in [-0.4, -0.2) is 57.1 Å². The summed E-state index contributed by atoms with van der Waals surface area (Å²) in [6.45, 7) is 5.89. The molecule has 0 saturated carbocycles. The van der Waals surface area contributed by atoms with Gasteiger partial charge in [-0.3, -0.25) is 13.9 Å². The number of halogens is 1. The summed E-state index contributed by atoms with van der Waals surface area (Å²) < 4.78 is 27.1. The topological polar surface area (TPSA) is 86.8 Å². The van der Waals surface area contributed by atoms with Crippen LogP contribution in [0.4, 0.5) is 5.69 Å². The summed E-state index contributed by atoms with van der Waals surface area (Å²) in [7, 11) is -3.73. The maximum Gasteiger partial charge on any atom is 0.244 e. The normalized spacial score (nSPS) is 12.2. The predicted molar refractivity (Wildman–Crippen MR) is 136 cm³/mol. The molecule has 2 aromatic carbocycles. The highest BCUT2D eigenvalue weighted by Gasteiger charge is 2.29. The predicted octanol–water partition coefficient (Wildman–Crippen LogP) is 3.51.